The highest BCUT2D eigenvalue weighted by Gasteiger charge is 2.35. The molecule has 108 valence electrons. The van der Waals surface area contributed by atoms with E-state index in [1.807, 2.05) is 0 Å². The molecule has 9 heteroatoms. The molecule has 21 heavy (non-hydrogen) atoms. The molecule has 0 saturated carbocycles. The lowest BCUT2D eigenvalue weighted by atomic mass is 10.2. The molecule has 0 atom stereocenters. The highest BCUT2D eigenvalue weighted by molar-refractivity contribution is 7.91. The highest BCUT2D eigenvalue weighted by Crippen LogP contribution is 2.30. The zero-order valence-corrected chi connectivity index (χ0v) is 12.1. The smallest absolute Gasteiger partial charge is 0.267 e. The molecule has 2 aromatic rings. The van der Waals surface area contributed by atoms with E-state index in [-0.39, 0.29) is 33.2 Å². The van der Waals surface area contributed by atoms with Gasteiger partial charge in [0, 0.05) is 11.6 Å². The number of amides is 1. The van der Waals surface area contributed by atoms with Crippen LogP contribution in [0.3, 0.4) is 0 Å². The van der Waals surface area contributed by atoms with Crippen LogP contribution in [0.1, 0.15) is 0 Å². The average Bonchev–Trinajstić information content (AvgIpc) is 2.79. The van der Waals surface area contributed by atoms with Crippen molar-refractivity contribution in [3.8, 4) is 5.75 Å². The number of phenols is 1. The Morgan fingerprint density at radius 3 is 2.76 bits per heavy atom. The number of nitrogens with one attached hydrogen (secondary N) is 1. The van der Waals surface area contributed by atoms with Crippen molar-refractivity contribution in [2.24, 2.45) is 0 Å². The maximum atomic E-state index is 12.7. The van der Waals surface area contributed by atoms with Crippen molar-refractivity contribution in [2.45, 2.75) is 4.90 Å². The summed E-state index contributed by atoms with van der Waals surface area (Å²) in [5.41, 5.74) is 0.169. The van der Waals surface area contributed by atoms with E-state index in [1.54, 1.807) is 6.07 Å². The van der Waals surface area contributed by atoms with Crippen LogP contribution >= 0.6 is 12.2 Å². The van der Waals surface area contributed by atoms with Crippen LogP contribution in [-0.4, -0.2) is 40.4 Å². The molecule has 2 N–H and O–H groups in total. The van der Waals surface area contributed by atoms with Crippen molar-refractivity contribution < 1.29 is 18.3 Å². The maximum absolute atomic E-state index is 12.7. The molecule has 1 amide bonds. The van der Waals surface area contributed by atoms with Gasteiger partial charge in [0.1, 0.15) is 17.8 Å². The Bertz CT molecular complexity index is 879. The third-order valence-electron chi connectivity index (χ3n) is 3.04. The Labute approximate surface area is 125 Å². The van der Waals surface area contributed by atoms with E-state index in [2.05, 4.69) is 10.3 Å². The van der Waals surface area contributed by atoms with Crippen LogP contribution in [0.4, 0.5) is 0 Å². The number of carbonyl (C=O) groups excluding carboxylic acids is 1. The molecule has 7 nitrogen and oxygen atoms in total. The first-order valence-electron chi connectivity index (χ1n) is 5.84. The topological polar surface area (TPSA) is 99.6 Å². The van der Waals surface area contributed by atoms with Gasteiger partial charge in [0.2, 0.25) is 5.91 Å². The zero-order valence-electron chi connectivity index (χ0n) is 10.5. The molecule has 0 aliphatic carbocycles. The third kappa shape index (κ3) is 2.10. The summed E-state index contributed by atoms with van der Waals surface area (Å²) in [4.78, 5) is 15.2. The number of benzene rings is 1. The molecule has 0 unspecified atom stereocenters. The predicted octanol–water partition coefficient (Wildman–Crippen LogP) is 0.346. The highest BCUT2D eigenvalue weighted by atomic mass is 32.2. The van der Waals surface area contributed by atoms with Crippen molar-refractivity contribution in [3.05, 3.63) is 30.5 Å². The lowest BCUT2D eigenvalue weighted by molar-refractivity contribution is -0.118. The summed E-state index contributed by atoms with van der Waals surface area (Å²) in [6, 6.07) is 5.60. The van der Waals surface area contributed by atoms with E-state index >= 15 is 0 Å². The van der Waals surface area contributed by atoms with Gasteiger partial charge < -0.3 is 10.4 Å². The van der Waals surface area contributed by atoms with E-state index in [9.17, 15) is 18.3 Å². The summed E-state index contributed by atoms with van der Waals surface area (Å²) >= 11 is 4.86. The number of rotatable bonds is 2. The molecule has 1 aromatic carbocycles. The lowest BCUT2D eigenvalue weighted by Crippen LogP contribution is -2.34. The second kappa shape index (κ2) is 4.64. The molecular formula is C12H9N3O4S2. The largest absolute Gasteiger partial charge is 0.506 e. The van der Waals surface area contributed by atoms with Gasteiger partial charge in [-0.1, -0.05) is 0 Å². The van der Waals surface area contributed by atoms with Crippen LogP contribution in [0.2, 0.25) is 0 Å². The molecule has 1 saturated heterocycles. The van der Waals surface area contributed by atoms with E-state index in [1.165, 1.54) is 24.4 Å². The number of hydrogen-bond acceptors (Lipinski definition) is 6. The van der Waals surface area contributed by atoms with Crippen molar-refractivity contribution in [1.29, 1.82) is 0 Å². The quantitative estimate of drug-likeness (QED) is 0.774. The Morgan fingerprint density at radius 1 is 1.33 bits per heavy atom. The summed E-state index contributed by atoms with van der Waals surface area (Å²) < 4.78 is 26.1. The molecular weight excluding hydrogens is 314 g/mol. The fourth-order valence-electron chi connectivity index (χ4n) is 2.09. The summed E-state index contributed by atoms with van der Waals surface area (Å²) in [7, 11) is -4.01. The van der Waals surface area contributed by atoms with Crippen molar-refractivity contribution in [1.82, 2.24) is 14.6 Å². The van der Waals surface area contributed by atoms with Crippen LogP contribution in [0, 0.1) is 0 Å². The van der Waals surface area contributed by atoms with Gasteiger partial charge in [-0.25, -0.2) is 12.7 Å². The van der Waals surface area contributed by atoms with Gasteiger partial charge in [-0.2, -0.15) is 0 Å². The van der Waals surface area contributed by atoms with E-state index in [4.69, 9.17) is 12.2 Å². The van der Waals surface area contributed by atoms with Crippen molar-refractivity contribution in [2.75, 3.05) is 6.54 Å². The first kappa shape index (κ1) is 13.7. The van der Waals surface area contributed by atoms with Gasteiger partial charge in [0.15, 0.2) is 5.11 Å². The minimum absolute atomic E-state index is 0.0674. The monoisotopic (exact) mass is 323 g/mol. The number of thiocarbonyl (C=S) groups is 1. The summed E-state index contributed by atoms with van der Waals surface area (Å²) in [6.45, 7) is -0.357. The summed E-state index contributed by atoms with van der Waals surface area (Å²) in [5.74, 6) is -0.604. The maximum Gasteiger partial charge on any atom is 0.267 e. The van der Waals surface area contributed by atoms with Crippen LogP contribution in [0.15, 0.2) is 35.4 Å². The lowest BCUT2D eigenvalue weighted by Gasteiger charge is -2.17. The van der Waals surface area contributed by atoms with E-state index in [0.29, 0.717) is 0 Å². The van der Waals surface area contributed by atoms with Gasteiger partial charge in [0.25, 0.3) is 10.0 Å². The van der Waals surface area contributed by atoms with Gasteiger partial charge >= 0.3 is 0 Å². The standard InChI is InChI=1S/C12H9N3O4S2/c16-8-3-4-9(7-2-1-5-13-11(7)8)21(18,19)15-6-10(17)14-12(15)20/h1-5,16H,6H2,(H,14,17,20). The minimum Gasteiger partial charge on any atom is -0.506 e. The van der Waals surface area contributed by atoms with Crippen LogP contribution in [-0.2, 0) is 14.8 Å². The van der Waals surface area contributed by atoms with Gasteiger partial charge in [-0.15, -0.1) is 0 Å². The Morgan fingerprint density at radius 2 is 2.10 bits per heavy atom. The fourth-order valence-corrected chi connectivity index (χ4v) is 4.04. The molecule has 1 aromatic heterocycles. The normalized spacial score (nSPS) is 15.5. The Hall–Kier alpha value is -2.26. The molecule has 1 fully saturated rings. The predicted molar refractivity (Wildman–Crippen MR) is 78.0 cm³/mol. The molecule has 1 aliphatic heterocycles. The molecule has 0 radical (unpaired) electrons. The van der Waals surface area contributed by atoms with Gasteiger partial charge in [-0.3, -0.25) is 9.78 Å². The van der Waals surface area contributed by atoms with Gasteiger partial charge in [-0.05, 0) is 36.5 Å². The van der Waals surface area contributed by atoms with Crippen LogP contribution in [0.25, 0.3) is 10.9 Å². The molecule has 1 aliphatic rings. The fraction of sp³-hybridized carbons (Fsp3) is 0.0833. The Balaban J connectivity index is 2.23. The third-order valence-corrected chi connectivity index (χ3v) is 5.28. The minimum atomic E-state index is -4.01. The first-order valence-corrected chi connectivity index (χ1v) is 7.69. The number of pyridine rings is 1. The number of carbonyl (C=O) groups is 1. The SMILES string of the molecule is O=C1CN(S(=O)(=O)c2ccc(O)c3ncccc23)C(=S)N1. The summed E-state index contributed by atoms with van der Waals surface area (Å²) in [5, 5.41) is 12.1. The molecule has 3 rings (SSSR count). The number of aromatic hydroxyl groups is 1. The molecule has 0 spiro atoms. The number of fused-ring (bicyclic) bond motifs is 1. The second-order valence-electron chi connectivity index (χ2n) is 4.35. The molecule has 0 bridgehead atoms. The number of nitrogens with zero attached hydrogens (tertiary/aromatic N) is 2. The van der Waals surface area contributed by atoms with Crippen LogP contribution < -0.4 is 5.32 Å². The number of sulfonamides is 1. The van der Waals surface area contributed by atoms with Gasteiger partial charge in [0.05, 0.1) is 4.90 Å². The van der Waals surface area contributed by atoms with Crippen LogP contribution in [0.5, 0.6) is 5.75 Å². The average molecular weight is 323 g/mol. The van der Waals surface area contributed by atoms with Crippen molar-refractivity contribution in [3.63, 3.8) is 0 Å². The van der Waals surface area contributed by atoms with E-state index in [0.717, 1.165) is 4.31 Å². The van der Waals surface area contributed by atoms with Crippen molar-refractivity contribution >= 4 is 44.2 Å². The summed E-state index contributed by atoms with van der Waals surface area (Å²) in [6.07, 6.45) is 1.45. The number of phenolic OH excluding ortho intramolecular Hbond substituents is 1. The second-order valence-corrected chi connectivity index (χ2v) is 6.56. The number of hydrogen-bond donors (Lipinski definition) is 2. The zero-order chi connectivity index (χ0) is 15.2. The first-order chi connectivity index (χ1) is 9.91. The number of aromatic nitrogens is 1. The molecule has 2 heterocycles. The van der Waals surface area contributed by atoms with E-state index < -0.39 is 15.9 Å². The Kier molecular flexibility index (Phi) is 3.03.